The highest BCUT2D eigenvalue weighted by molar-refractivity contribution is 6.31. The van der Waals surface area contributed by atoms with Crippen LogP contribution in [0.4, 0.5) is 4.39 Å². The number of rotatable bonds is 2. The molecule has 18 heavy (non-hydrogen) atoms. The van der Waals surface area contributed by atoms with E-state index >= 15 is 0 Å². The van der Waals surface area contributed by atoms with Gasteiger partial charge in [-0.15, -0.1) is 0 Å². The Morgan fingerprint density at radius 1 is 1.22 bits per heavy atom. The summed E-state index contributed by atoms with van der Waals surface area (Å²) in [7, 11) is 0. The lowest BCUT2D eigenvalue weighted by Gasteiger charge is -2.10. The second-order valence-electron chi connectivity index (χ2n) is 3.74. The van der Waals surface area contributed by atoms with Crippen molar-refractivity contribution in [1.29, 1.82) is 5.26 Å². The fourth-order valence-corrected chi connectivity index (χ4v) is 1.75. The van der Waals surface area contributed by atoms with Crippen molar-refractivity contribution in [2.24, 2.45) is 0 Å². The first-order valence-electron chi connectivity index (χ1n) is 5.24. The van der Waals surface area contributed by atoms with Crippen molar-refractivity contribution in [3.05, 3.63) is 58.4 Å². The van der Waals surface area contributed by atoms with Crippen molar-refractivity contribution < 1.29 is 9.13 Å². The number of ether oxygens (including phenoxy) is 1. The van der Waals surface area contributed by atoms with Gasteiger partial charge in [0.25, 0.3) is 0 Å². The predicted molar refractivity (Wildman–Crippen MR) is 67.4 cm³/mol. The molecule has 0 aliphatic carbocycles. The van der Waals surface area contributed by atoms with E-state index in [1.165, 1.54) is 18.2 Å². The molecule has 0 aliphatic rings. The minimum Gasteiger partial charge on any atom is -0.456 e. The minimum atomic E-state index is -0.327. The van der Waals surface area contributed by atoms with Gasteiger partial charge in [-0.1, -0.05) is 17.7 Å². The lowest BCUT2D eigenvalue weighted by atomic mass is 10.2. The van der Waals surface area contributed by atoms with E-state index in [1.54, 1.807) is 25.1 Å². The highest BCUT2D eigenvalue weighted by Gasteiger charge is 2.10. The molecule has 0 spiro atoms. The standard InChI is InChI=1S/C14H9ClFNO/c1-9-7-10(16)5-6-13(9)18-14-4-2-3-12(15)11(14)8-17/h2-7H,1H3. The van der Waals surface area contributed by atoms with Gasteiger partial charge in [0.15, 0.2) is 0 Å². The van der Waals surface area contributed by atoms with Crippen molar-refractivity contribution in [2.45, 2.75) is 6.92 Å². The molecule has 0 N–H and O–H groups in total. The smallest absolute Gasteiger partial charge is 0.146 e. The van der Waals surface area contributed by atoms with Crippen LogP contribution in [0.2, 0.25) is 5.02 Å². The number of hydrogen-bond acceptors (Lipinski definition) is 2. The molecule has 0 heterocycles. The monoisotopic (exact) mass is 261 g/mol. The normalized spacial score (nSPS) is 9.89. The Kier molecular flexibility index (Phi) is 3.50. The summed E-state index contributed by atoms with van der Waals surface area (Å²) in [5.41, 5.74) is 0.918. The first kappa shape index (κ1) is 12.4. The fourth-order valence-electron chi connectivity index (χ4n) is 1.54. The molecule has 0 bridgehead atoms. The highest BCUT2D eigenvalue weighted by Crippen LogP contribution is 2.31. The summed E-state index contributed by atoms with van der Waals surface area (Å²) in [6, 6.07) is 11.1. The van der Waals surface area contributed by atoms with Crippen LogP contribution in [0.1, 0.15) is 11.1 Å². The van der Waals surface area contributed by atoms with Crippen molar-refractivity contribution in [2.75, 3.05) is 0 Å². The number of hydrogen-bond donors (Lipinski definition) is 0. The van der Waals surface area contributed by atoms with E-state index in [4.69, 9.17) is 21.6 Å². The zero-order valence-corrected chi connectivity index (χ0v) is 10.3. The Labute approximate surface area is 109 Å². The summed E-state index contributed by atoms with van der Waals surface area (Å²) in [6.45, 7) is 1.73. The molecule has 2 rings (SSSR count). The molecule has 0 aliphatic heterocycles. The van der Waals surface area contributed by atoms with E-state index in [2.05, 4.69) is 0 Å². The Hall–Kier alpha value is -2.05. The average molecular weight is 262 g/mol. The van der Waals surface area contributed by atoms with Gasteiger partial charge in [-0.2, -0.15) is 5.26 Å². The zero-order chi connectivity index (χ0) is 13.1. The first-order chi connectivity index (χ1) is 8.61. The van der Waals surface area contributed by atoms with Gasteiger partial charge in [-0.05, 0) is 42.8 Å². The van der Waals surface area contributed by atoms with E-state index in [1.807, 2.05) is 6.07 Å². The van der Waals surface area contributed by atoms with Crippen LogP contribution in [-0.2, 0) is 0 Å². The van der Waals surface area contributed by atoms with Crippen LogP contribution in [0.5, 0.6) is 11.5 Å². The number of halogens is 2. The van der Waals surface area contributed by atoms with Gasteiger partial charge < -0.3 is 4.74 Å². The van der Waals surface area contributed by atoms with Gasteiger partial charge in [0, 0.05) is 0 Å². The van der Waals surface area contributed by atoms with Gasteiger partial charge in [-0.25, -0.2) is 4.39 Å². The Balaban J connectivity index is 2.41. The first-order valence-corrected chi connectivity index (χ1v) is 5.62. The van der Waals surface area contributed by atoms with Crippen LogP contribution in [0.25, 0.3) is 0 Å². The van der Waals surface area contributed by atoms with E-state index in [-0.39, 0.29) is 11.4 Å². The molecule has 2 aromatic carbocycles. The Morgan fingerprint density at radius 2 is 2.00 bits per heavy atom. The molecule has 0 radical (unpaired) electrons. The maximum atomic E-state index is 13.0. The van der Waals surface area contributed by atoms with Crippen LogP contribution in [0.15, 0.2) is 36.4 Å². The third kappa shape index (κ3) is 2.44. The summed E-state index contributed by atoms with van der Waals surface area (Å²) in [5.74, 6) is 0.529. The zero-order valence-electron chi connectivity index (χ0n) is 9.58. The predicted octanol–water partition coefficient (Wildman–Crippen LogP) is 4.45. The van der Waals surface area contributed by atoms with Gasteiger partial charge >= 0.3 is 0 Å². The highest BCUT2D eigenvalue weighted by atomic mass is 35.5. The molecule has 0 saturated heterocycles. The summed E-state index contributed by atoms with van der Waals surface area (Å²) >= 11 is 5.90. The molecule has 2 nitrogen and oxygen atoms in total. The van der Waals surface area contributed by atoms with Crippen LogP contribution >= 0.6 is 11.6 Å². The van der Waals surface area contributed by atoms with Gasteiger partial charge in [0.05, 0.1) is 5.02 Å². The molecule has 90 valence electrons. The number of benzene rings is 2. The molecule has 0 amide bonds. The third-order valence-electron chi connectivity index (χ3n) is 2.44. The van der Waals surface area contributed by atoms with Gasteiger partial charge in [0.1, 0.15) is 28.9 Å². The third-order valence-corrected chi connectivity index (χ3v) is 2.76. The van der Waals surface area contributed by atoms with Crippen molar-refractivity contribution in [3.8, 4) is 17.6 Å². The molecule has 2 aromatic rings. The maximum absolute atomic E-state index is 13.0. The molecule has 0 saturated carbocycles. The lowest BCUT2D eigenvalue weighted by Crippen LogP contribution is -1.91. The largest absolute Gasteiger partial charge is 0.456 e. The quantitative estimate of drug-likeness (QED) is 0.800. The van der Waals surface area contributed by atoms with Crippen LogP contribution in [-0.4, -0.2) is 0 Å². The topological polar surface area (TPSA) is 33.0 Å². The molecular weight excluding hydrogens is 253 g/mol. The average Bonchev–Trinajstić information content (AvgIpc) is 2.33. The Bertz CT molecular complexity index is 634. The molecule has 0 atom stereocenters. The van der Waals surface area contributed by atoms with Crippen molar-refractivity contribution >= 4 is 11.6 Å². The molecule has 4 heteroatoms. The van der Waals surface area contributed by atoms with Crippen LogP contribution in [0, 0.1) is 24.1 Å². The summed E-state index contributed by atoms with van der Waals surface area (Å²) in [6.07, 6.45) is 0. The maximum Gasteiger partial charge on any atom is 0.146 e. The summed E-state index contributed by atoms with van der Waals surface area (Å²) in [5, 5.41) is 9.34. The molecule has 0 unspecified atom stereocenters. The molecule has 0 fully saturated rings. The van der Waals surface area contributed by atoms with Gasteiger partial charge in [-0.3, -0.25) is 0 Å². The lowest BCUT2D eigenvalue weighted by molar-refractivity contribution is 0.475. The summed E-state index contributed by atoms with van der Waals surface area (Å²) in [4.78, 5) is 0. The van der Waals surface area contributed by atoms with Crippen LogP contribution < -0.4 is 4.74 Å². The summed E-state index contributed by atoms with van der Waals surface area (Å²) < 4.78 is 18.6. The van der Waals surface area contributed by atoms with Crippen LogP contribution in [0.3, 0.4) is 0 Å². The minimum absolute atomic E-state index is 0.267. The number of nitrogens with zero attached hydrogens (tertiary/aromatic N) is 1. The van der Waals surface area contributed by atoms with E-state index in [0.717, 1.165) is 0 Å². The SMILES string of the molecule is Cc1cc(F)ccc1Oc1cccc(Cl)c1C#N. The van der Waals surface area contributed by atoms with E-state index in [0.29, 0.717) is 22.1 Å². The Morgan fingerprint density at radius 3 is 2.67 bits per heavy atom. The van der Waals surface area contributed by atoms with Crippen molar-refractivity contribution in [1.82, 2.24) is 0 Å². The molecule has 0 aromatic heterocycles. The fraction of sp³-hybridized carbons (Fsp3) is 0.0714. The number of aryl methyl sites for hydroxylation is 1. The second-order valence-corrected chi connectivity index (χ2v) is 4.14. The van der Waals surface area contributed by atoms with E-state index < -0.39 is 0 Å². The van der Waals surface area contributed by atoms with Gasteiger partial charge in [0.2, 0.25) is 0 Å². The number of nitriles is 1. The second kappa shape index (κ2) is 5.07. The van der Waals surface area contributed by atoms with Crippen molar-refractivity contribution in [3.63, 3.8) is 0 Å². The van der Waals surface area contributed by atoms with E-state index in [9.17, 15) is 4.39 Å². The molecular formula is C14H9ClFNO.